The van der Waals surface area contributed by atoms with Gasteiger partial charge in [0.2, 0.25) is 5.91 Å². The smallest absolute Gasteiger partial charge is 0.234 e. The molecule has 0 saturated carbocycles. The van der Waals surface area contributed by atoms with Crippen molar-refractivity contribution >= 4 is 58.2 Å². The average Bonchev–Trinajstić information content (AvgIpc) is 2.34. The highest BCUT2D eigenvalue weighted by Gasteiger charge is 2.08. The molecule has 2 aromatic rings. The molecule has 110 valence electrons. The second-order valence-electron chi connectivity index (χ2n) is 4.00. The number of hydrogen-bond donors (Lipinski definition) is 3. The van der Waals surface area contributed by atoms with Gasteiger partial charge in [-0.3, -0.25) is 4.79 Å². The highest BCUT2D eigenvalue weighted by atomic mass is 35.5. The second kappa shape index (κ2) is 6.84. The van der Waals surface area contributed by atoms with E-state index in [0.717, 1.165) is 11.8 Å². The zero-order valence-electron chi connectivity index (χ0n) is 10.6. The molecule has 21 heavy (non-hydrogen) atoms. The molecule has 0 fully saturated rings. The topological polar surface area (TPSA) is 107 Å². The Morgan fingerprint density at radius 1 is 1.10 bits per heavy atom. The van der Waals surface area contributed by atoms with Crippen LogP contribution in [0.3, 0.4) is 0 Å². The first kappa shape index (κ1) is 15.7. The standard InChI is InChI=1S/C12H11Cl2N5OS/c13-6-1-7(14)3-8(2-6)17-11(20)5-21-12-18-9(15)4-10(16)19-12/h1-4H,5H2,(H,17,20)(H4,15,16,18,19). The Morgan fingerprint density at radius 3 is 2.24 bits per heavy atom. The molecule has 1 amide bonds. The SMILES string of the molecule is Nc1cc(N)nc(SCC(=O)Nc2cc(Cl)cc(Cl)c2)n1. The first-order chi connectivity index (χ1) is 9.92. The van der Waals surface area contributed by atoms with Crippen molar-refractivity contribution in [3.05, 3.63) is 34.3 Å². The number of nitrogens with two attached hydrogens (primary N) is 2. The Labute approximate surface area is 135 Å². The number of nitrogens with zero attached hydrogens (tertiary/aromatic N) is 2. The van der Waals surface area contributed by atoms with Crippen molar-refractivity contribution in [3.63, 3.8) is 0 Å². The fourth-order valence-corrected chi connectivity index (χ4v) is 2.68. The predicted molar refractivity (Wildman–Crippen MR) is 86.7 cm³/mol. The van der Waals surface area contributed by atoms with Crippen LogP contribution in [0.15, 0.2) is 29.4 Å². The number of rotatable bonds is 4. The Hall–Kier alpha value is -1.70. The van der Waals surface area contributed by atoms with Crippen molar-refractivity contribution in [2.45, 2.75) is 5.16 Å². The van der Waals surface area contributed by atoms with Crippen molar-refractivity contribution in [1.29, 1.82) is 0 Å². The van der Waals surface area contributed by atoms with Gasteiger partial charge in [-0.1, -0.05) is 35.0 Å². The molecular formula is C12H11Cl2N5OS. The number of benzene rings is 1. The maximum Gasteiger partial charge on any atom is 0.234 e. The van der Waals surface area contributed by atoms with Crippen LogP contribution in [-0.4, -0.2) is 21.6 Å². The van der Waals surface area contributed by atoms with Crippen molar-refractivity contribution in [3.8, 4) is 0 Å². The first-order valence-electron chi connectivity index (χ1n) is 5.71. The molecule has 1 aromatic heterocycles. The lowest BCUT2D eigenvalue weighted by Crippen LogP contribution is -2.14. The summed E-state index contributed by atoms with van der Waals surface area (Å²) in [6, 6.07) is 6.23. The van der Waals surface area contributed by atoms with Gasteiger partial charge in [-0.15, -0.1) is 0 Å². The van der Waals surface area contributed by atoms with Crippen LogP contribution < -0.4 is 16.8 Å². The summed E-state index contributed by atoms with van der Waals surface area (Å²) in [6.45, 7) is 0. The molecule has 9 heteroatoms. The van der Waals surface area contributed by atoms with Gasteiger partial charge in [0.15, 0.2) is 5.16 Å². The van der Waals surface area contributed by atoms with Gasteiger partial charge in [-0.2, -0.15) is 0 Å². The van der Waals surface area contributed by atoms with Crippen molar-refractivity contribution in [1.82, 2.24) is 9.97 Å². The number of thioether (sulfide) groups is 1. The van der Waals surface area contributed by atoms with E-state index in [1.807, 2.05) is 0 Å². The largest absolute Gasteiger partial charge is 0.383 e. The number of nitrogen functional groups attached to an aromatic ring is 2. The molecule has 1 aromatic carbocycles. The number of halogens is 2. The minimum atomic E-state index is -0.247. The molecule has 0 aliphatic heterocycles. The molecule has 5 N–H and O–H groups in total. The van der Waals surface area contributed by atoms with Crippen LogP contribution in [0.1, 0.15) is 0 Å². The minimum absolute atomic E-state index is 0.104. The second-order valence-corrected chi connectivity index (χ2v) is 5.81. The molecule has 0 saturated heterocycles. The predicted octanol–water partition coefficient (Wildman–Crippen LogP) is 2.68. The lowest BCUT2D eigenvalue weighted by atomic mass is 10.3. The Bertz CT molecular complexity index is 642. The summed E-state index contributed by atoms with van der Waals surface area (Å²) < 4.78 is 0. The summed E-state index contributed by atoms with van der Waals surface area (Å²) in [5, 5.41) is 3.90. The van der Waals surface area contributed by atoms with Crippen LogP contribution in [0.4, 0.5) is 17.3 Å². The van der Waals surface area contributed by atoms with Gasteiger partial charge < -0.3 is 16.8 Å². The van der Waals surface area contributed by atoms with Crippen LogP contribution in [-0.2, 0) is 4.79 Å². The molecule has 2 rings (SSSR count). The third-order valence-corrected chi connectivity index (χ3v) is 3.51. The maximum atomic E-state index is 11.8. The number of anilines is 3. The highest BCUT2D eigenvalue weighted by molar-refractivity contribution is 7.99. The van der Waals surface area contributed by atoms with Crippen molar-refractivity contribution < 1.29 is 4.79 Å². The van der Waals surface area contributed by atoms with Crippen LogP contribution in [0.25, 0.3) is 0 Å². The number of hydrogen-bond acceptors (Lipinski definition) is 6. The number of amides is 1. The Balaban J connectivity index is 1.95. The van der Waals surface area contributed by atoms with Gasteiger partial charge in [0.05, 0.1) is 5.75 Å². The van der Waals surface area contributed by atoms with Gasteiger partial charge in [0.25, 0.3) is 0 Å². The van der Waals surface area contributed by atoms with E-state index in [1.54, 1.807) is 18.2 Å². The number of nitrogens with one attached hydrogen (secondary N) is 1. The Kier molecular flexibility index (Phi) is 5.11. The molecular weight excluding hydrogens is 333 g/mol. The Morgan fingerprint density at radius 2 is 1.67 bits per heavy atom. The molecule has 0 aliphatic carbocycles. The third-order valence-electron chi connectivity index (χ3n) is 2.22. The van der Waals surface area contributed by atoms with Gasteiger partial charge in [0.1, 0.15) is 11.6 Å². The molecule has 0 unspecified atom stereocenters. The van der Waals surface area contributed by atoms with E-state index in [-0.39, 0.29) is 23.3 Å². The van der Waals surface area contributed by atoms with Crippen LogP contribution >= 0.6 is 35.0 Å². The fraction of sp³-hybridized carbons (Fsp3) is 0.0833. The molecule has 0 spiro atoms. The van der Waals surface area contributed by atoms with E-state index < -0.39 is 0 Å². The quantitative estimate of drug-likeness (QED) is 0.581. The van der Waals surface area contributed by atoms with Crippen LogP contribution in [0.5, 0.6) is 0 Å². The maximum absolute atomic E-state index is 11.8. The van der Waals surface area contributed by atoms with E-state index in [0.29, 0.717) is 20.9 Å². The van der Waals surface area contributed by atoms with E-state index >= 15 is 0 Å². The summed E-state index contributed by atoms with van der Waals surface area (Å²) >= 11 is 12.8. The van der Waals surface area contributed by atoms with Gasteiger partial charge >= 0.3 is 0 Å². The lowest BCUT2D eigenvalue weighted by molar-refractivity contribution is -0.113. The minimum Gasteiger partial charge on any atom is -0.383 e. The lowest BCUT2D eigenvalue weighted by Gasteiger charge is -2.06. The first-order valence-corrected chi connectivity index (χ1v) is 7.45. The molecule has 1 heterocycles. The fourth-order valence-electron chi connectivity index (χ4n) is 1.48. The average molecular weight is 344 g/mol. The van der Waals surface area contributed by atoms with E-state index in [4.69, 9.17) is 34.7 Å². The summed E-state index contributed by atoms with van der Waals surface area (Å²) in [4.78, 5) is 19.8. The zero-order chi connectivity index (χ0) is 15.4. The third kappa shape index (κ3) is 4.96. The number of aromatic nitrogens is 2. The molecule has 6 nitrogen and oxygen atoms in total. The van der Waals surface area contributed by atoms with Crippen molar-refractivity contribution in [2.24, 2.45) is 0 Å². The molecule has 0 radical (unpaired) electrons. The zero-order valence-corrected chi connectivity index (χ0v) is 13.0. The van der Waals surface area contributed by atoms with Crippen LogP contribution in [0.2, 0.25) is 10.0 Å². The summed E-state index contributed by atoms with van der Waals surface area (Å²) in [5.74, 6) is 0.370. The van der Waals surface area contributed by atoms with Gasteiger partial charge in [0, 0.05) is 21.8 Å². The molecule has 0 aliphatic rings. The number of carbonyl (C=O) groups is 1. The normalized spacial score (nSPS) is 10.4. The summed E-state index contributed by atoms with van der Waals surface area (Å²) in [5.41, 5.74) is 11.6. The van der Waals surface area contributed by atoms with Crippen LogP contribution in [0, 0.1) is 0 Å². The molecule has 0 atom stereocenters. The van der Waals surface area contributed by atoms with Gasteiger partial charge in [-0.05, 0) is 18.2 Å². The highest BCUT2D eigenvalue weighted by Crippen LogP contribution is 2.23. The number of carbonyl (C=O) groups excluding carboxylic acids is 1. The summed E-state index contributed by atoms with van der Waals surface area (Å²) in [7, 11) is 0. The van der Waals surface area contributed by atoms with Crippen molar-refractivity contribution in [2.75, 3.05) is 22.5 Å². The van der Waals surface area contributed by atoms with E-state index in [1.165, 1.54) is 6.07 Å². The monoisotopic (exact) mass is 343 g/mol. The van der Waals surface area contributed by atoms with E-state index in [9.17, 15) is 4.79 Å². The van der Waals surface area contributed by atoms with Gasteiger partial charge in [-0.25, -0.2) is 9.97 Å². The summed E-state index contributed by atoms with van der Waals surface area (Å²) in [6.07, 6.45) is 0. The van der Waals surface area contributed by atoms with E-state index in [2.05, 4.69) is 15.3 Å². The molecule has 0 bridgehead atoms.